The summed E-state index contributed by atoms with van der Waals surface area (Å²) in [6.07, 6.45) is -3.69. The third-order valence-corrected chi connectivity index (χ3v) is 2.72. The van der Waals surface area contributed by atoms with E-state index >= 15 is 0 Å². The molecule has 10 heteroatoms. The Morgan fingerprint density at radius 2 is 0.810 bits per heavy atom. The molecule has 0 unspecified atom stereocenters. The number of carbonyl (C=O) groups is 4. The molecule has 0 aliphatic rings. The lowest BCUT2D eigenvalue weighted by Crippen LogP contribution is -2.55. The van der Waals surface area contributed by atoms with Gasteiger partial charge >= 0.3 is 23.9 Å². The molecule has 0 radical (unpaired) electrons. The molecule has 120 valence electrons. The molecule has 0 spiro atoms. The maximum Gasteiger partial charge on any atom is 0.305 e. The van der Waals surface area contributed by atoms with Gasteiger partial charge in [0.25, 0.3) is 0 Å². The van der Waals surface area contributed by atoms with Crippen LogP contribution in [0.2, 0.25) is 0 Å². The highest BCUT2D eigenvalue weighted by Gasteiger charge is 2.42. The Balaban J connectivity index is 5.36. The fraction of sp³-hybridized carbons (Fsp3) is 0.636. The van der Waals surface area contributed by atoms with Crippen molar-refractivity contribution in [2.24, 2.45) is 11.5 Å². The first-order valence-electron chi connectivity index (χ1n) is 5.82. The van der Waals surface area contributed by atoms with Gasteiger partial charge in [-0.3, -0.25) is 19.2 Å². The summed E-state index contributed by atoms with van der Waals surface area (Å²) in [5.41, 5.74) is 7.72. The second-order valence-electron chi connectivity index (χ2n) is 5.18. The molecule has 0 bridgehead atoms. The average Bonchev–Trinajstić information content (AvgIpc) is 2.07. The van der Waals surface area contributed by atoms with E-state index in [4.69, 9.17) is 31.9 Å². The fourth-order valence-electron chi connectivity index (χ4n) is 2.28. The average molecular weight is 306 g/mol. The molecule has 0 amide bonds. The number of carboxylic acid groups (broad SMARTS) is 4. The molecule has 0 aliphatic carbocycles. The van der Waals surface area contributed by atoms with E-state index in [1.165, 1.54) is 0 Å². The molecular formula is C11H18N2O8. The summed E-state index contributed by atoms with van der Waals surface area (Å²) in [6, 6.07) is 0. The number of carboxylic acids is 4. The Kier molecular flexibility index (Phi) is 6.26. The predicted octanol–water partition coefficient (Wildman–Crippen LogP) is -1.33. The van der Waals surface area contributed by atoms with E-state index in [1.807, 2.05) is 0 Å². The van der Waals surface area contributed by atoms with E-state index in [0.29, 0.717) is 0 Å². The summed E-state index contributed by atoms with van der Waals surface area (Å²) in [6.45, 7) is 0. The summed E-state index contributed by atoms with van der Waals surface area (Å²) in [7, 11) is 0. The van der Waals surface area contributed by atoms with Crippen molar-refractivity contribution in [2.75, 3.05) is 0 Å². The third kappa shape index (κ3) is 7.84. The van der Waals surface area contributed by atoms with E-state index < -0.39 is 67.1 Å². The Morgan fingerprint density at radius 1 is 0.619 bits per heavy atom. The molecule has 0 saturated heterocycles. The van der Waals surface area contributed by atoms with Gasteiger partial charge < -0.3 is 31.9 Å². The van der Waals surface area contributed by atoms with Crippen LogP contribution in [0.15, 0.2) is 0 Å². The van der Waals surface area contributed by atoms with Crippen LogP contribution in [0.25, 0.3) is 0 Å². The van der Waals surface area contributed by atoms with E-state index in [9.17, 15) is 19.2 Å². The Hall–Kier alpha value is -2.20. The smallest absolute Gasteiger partial charge is 0.305 e. The van der Waals surface area contributed by atoms with Gasteiger partial charge in [-0.25, -0.2) is 0 Å². The van der Waals surface area contributed by atoms with Gasteiger partial charge in [0, 0.05) is 11.1 Å². The standard InChI is InChI=1S/C11H18N2O8/c12-10(1-6(14)15,2-7(16)17)5-11(13,3-8(18)19)4-9(20)21/h1-5,12-13H2,(H,14,15)(H,16,17)(H,18,19)(H,20,21). The van der Waals surface area contributed by atoms with E-state index in [0.717, 1.165) is 0 Å². The van der Waals surface area contributed by atoms with Gasteiger partial charge in [0.05, 0.1) is 25.7 Å². The molecule has 0 saturated carbocycles. The zero-order chi connectivity index (χ0) is 16.8. The molecule has 0 fully saturated rings. The van der Waals surface area contributed by atoms with Crippen molar-refractivity contribution >= 4 is 23.9 Å². The van der Waals surface area contributed by atoms with Gasteiger partial charge in [-0.1, -0.05) is 0 Å². The van der Waals surface area contributed by atoms with Gasteiger partial charge in [-0.15, -0.1) is 0 Å². The van der Waals surface area contributed by atoms with Gasteiger partial charge in [0.15, 0.2) is 0 Å². The molecular weight excluding hydrogens is 288 g/mol. The third-order valence-electron chi connectivity index (χ3n) is 2.72. The summed E-state index contributed by atoms with van der Waals surface area (Å²) >= 11 is 0. The molecule has 8 N–H and O–H groups in total. The highest BCUT2D eigenvalue weighted by Crippen LogP contribution is 2.28. The van der Waals surface area contributed by atoms with Crippen LogP contribution in [0.4, 0.5) is 0 Å². The SMILES string of the molecule is NC(CC(=O)O)(CC(=O)O)CC(N)(CC(=O)O)CC(=O)O. The lowest BCUT2D eigenvalue weighted by atomic mass is 9.76. The zero-order valence-electron chi connectivity index (χ0n) is 11.1. The lowest BCUT2D eigenvalue weighted by molar-refractivity contribution is -0.141. The molecule has 0 rings (SSSR count). The van der Waals surface area contributed by atoms with Gasteiger partial charge in [0.2, 0.25) is 0 Å². The molecule has 0 aromatic rings. The van der Waals surface area contributed by atoms with E-state index in [-0.39, 0.29) is 0 Å². The summed E-state index contributed by atoms with van der Waals surface area (Å²) in [4.78, 5) is 43.1. The highest BCUT2D eigenvalue weighted by atomic mass is 16.4. The van der Waals surface area contributed by atoms with Crippen LogP contribution >= 0.6 is 0 Å². The zero-order valence-corrected chi connectivity index (χ0v) is 11.1. The van der Waals surface area contributed by atoms with Gasteiger partial charge in [-0.05, 0) is 6.42 Å². The van der Waals surface area contributed by atoms with Crippen molar-refractivity contribution in [3.8, 4) is 0 Å². The topological polar surface area (TPSA) is 201 Å². The lowest BCUT2D eigenvalue weighted by Gasteiger charge is -2.36. The number of aliphatic carboxylic acids is 4. The molecule has 0 heterocycles. The normalized spacial score (nSPS) is 11.9. The quantitative estimate of drug-likeness (QED) is 0.280. The van der Waals surface area contributed by atoms with Crippen molar-refractivity contribution in [3.63, 3.8) is 0 Å². The van der Waals surface area contributed by atoms with Gasteiger partial charge in [-0.2, -0.15) is 0 Å². The van der Waals surface area contributed by atoms with Crippen LogP contribution in [0.5, 0.6) is 0 Å². The fourth-order valence-corrected chi connectivity index (χ4v) is 2.28. The van der Waals surface area contributed by atoms with Crippen LogP contribution < -0.4 is 11.5 Å². The van der Waals surface area contributed by atoms with Crippen LogP contribution in [0.1, 0.15) is 32.1 Å². The van der Waals surface area contributed by atoms with Crippen molar-refractivity contribution < 1.29 is 39.6 Å². The Morgan fingerprint density at radius 3 is 0.952 bits per heavy atom. The second-order valence-corrected chi connectivity index (χ2v) is 5.18. The van der Waals surface area contributed by atoms with Crippen LogP contribution in [0.3, 0.4) is 0 Å². The maximum atomic E-state index is 10.8. The second kappa shape index (κ2) is 6.99. The van der Waals surface area contributed by atoms with Crippen LogP contribution in [0, 0.1) is 0 Å². The summed E-state index contributed by atoms with van der Waals surface area (Å²) in [5, 5.41) is 35.1. The molecule has 0 aromatic heterocycles. The molecule has 0 atom stereocenters. The van der Waals surface area contributed by atoms with E-state index in [2.05, 4.69) is 0 Å². The van der Waals surface area contributed by atoms with Crippen molar-refractivity contribution in [3.05, 3.63) is 0 Å². The predicted molar refractivity (Wildman–Crippen MR) is 67.5 cm³/mol. The first-order chi connectivity index (χ1) is 9.37. The Bertz CT molecular complexity index is 376. The number of nitrogens with two attached hydrogens (primary N) is 2. The van der Waals surface area contributed by atoms with Crippen molar-refractivity contribution in [2.45, 2.75) is 43.2 Å². The molecule has 10 nitrogen and oxygen atoms in total. The minimum absolute atomic E-state index is 0.572. The van der Waals surface area contributed by atoms with Crippen molar-refractivity contribution in [1.29, 1.82) is 0 Å². The summed E-state index contributed by atoms with van der Waals surface area (Å²) in [5.74, 6) is -5.59. The Labute approximate surface area is 119 Å². The number of rotatable bonds is 10. The summed E-state index contributed by atoms with van der Waals surface area (Å²) < 4.78 is 0. The van der Waals surface area contributed by atoms with E-state index in [1.54, 1.807) is 0 Å². The monoisotopic (exact) mass is 306 g/mol. The molecule has 0 aromatic carbocycles. The van der Waals surface area contributed by atoms with Crippen LogP contribution in [-0.4, -0.2) is 55.4 Å². The molecule has 0 aliphatic heterocycles. The largest absolute Gasteiger partial charge is 0.481 e. The minimum Gasteiger partial charge on any atom is -0.481 e. The first kappa shape index (κ1) is 18.8. The highest BCUT2D eigenvalue weighted by molar-refractivity contribution is 5.75. The minimum atomic E-state index is -1.85. The van der Waals surface area contributed by atoms with Crippen LogP contribution in [-0.2, 0) is 19.2 Å². The number of hydrogen-bond donors (Lipinski definition) is 6. The van der Waals surface area contributed by atoms with Crippen molar-refractivity contribution in [1.82, 2.24) is 0 Å². The molecule has 21 heavy (non-hydrogen) atoms. The first-order valence-corrected chi connectivity index (χ1v) is 5.82. The number of hydrogen-bond acceptors (Lipinski definition) is 6. The maximum absolute atomic E-state index is 10.8. The van der Waals surface area contributed by atoms with Gasteiger partial charge in [0.1, 0.15) is 0 Å².